The third kappa shape index (κ3) is 4.24. The van der Waals surface area contributed by atoms with Crippen molar-refractivity contribution in [3.8, 4) is 11.1 Å². The molecule has 0 saturated carbocycles. The maximum atomic E-state index is 12.3. The molecule has 3 aromatic carbocycles. The largest absolute Gasteiger partial charge is 0.417 e. The molecule has 1 aromatic heterocycles. The molecule has 2 amide bonds. The van der Waals surface area contributed by atoms with Crippen molar-refractivity contribution in [3.05, 3.63) is 88.9 Å². The highest BCUT2D eigenvalue weighted by Gasteiger charge is 2.10. The van der Waals surface area contributed by atoms with E-state index in [9.17, 15) is 14.4 Å². The number of H-pyrrole nitrogens is 1. The lowest BCUT2D eigenvalue weighted by molar-refractivity contribution is -0.115. The van der Waals surface area contributed by atoms with Crippen molar-refractivity contribution in [2.45, 2.75) is 0 Å². The van der Waals surface area contributed by atoms with Crippen molar-refractivity contribution in [2.24, 2.45) is 0 Å². The molecule has 0 aliphatic rings. The van der Waals surface area contributed by atoms with Crippen LogP contribution in [0.25, 0.3) is 22.2 Å². The van der Waals surface area contributed by atoms with Gasteiger partial charge in [-0.05, 0) is 41.5 Å². The molecule has 0 aliphatic carbocycles. The molecule has 0 radical (unpaired) electrons. The molecule has 0 aliphatic heterocycles. The summed E-state index contributed by atoms with van der Waals surface area (Å²) in [5, 5.41) is 5.26. The van der Waals surface area contributed by atoms with Crippen LogP contribution in [0, 0.1) is 0 Å². The van der Waals surface area contributed by atoms with E-state index in [1.807, 2.05) is 42.5 Å². The number of aromatic nitrogens is 1. The lowest BCUT2D eigenvalue weighted by Crippen LogP contribution is -2.32. The smallest absolute Gasteiger partial charge is 0.408 e. The van der Waals surface area contributed by atoms with Crippen LogP contribution in [0.15, 0.2) is 82.0 Å². The lowest BCUT2D eigenvalue weighted by atomic mass is 10.0. The van der Waals surface area contributed by atoms with Crippen molar-refractivity contribution >= 4 is 28.6 Å². The van der Waals surface area contributed by atoms with Crippen LogP contribution in [0.5, 0.6) is 0 Å². The molecule has 0 bridgehead atoms. The molecule has 7 nitrogen and oxygen atoms in total. The van der Waals surface area contributed by atoms with E-state index in [1.165, 1.54) is 0 Å². The van der Waals surface area contributed by atoms with Crippen LogP contribution in [-0.2, 0) is 4.79 Å². The van der Waals surface area contributed by atoms with Gasteiger partial charge in [-0.15, -0.1) is 0 Å². The normalized spacial score (nSPS) is 10.6. The standard InChI is InChI=1S/C22H17N3O4/c26-20(24-17-10-11-19-18(12-17)25-22(28)29-19)13-23-21(27)16-8-6-15(7-9-16)14-4-2-1-3-5-14/h1-12H,13H2,(H,23,27)(H,24,26)(H,25,28). The highest BCUT2D eigenvalue weighted by atomic mass is 16.4. The van der Waals surface area contributed by atoms with Crippen molar-refractivity contribution in [2.75, 3.05) is 11.9 Å². The Morgan fingerprint density at radius 3 is 2.38 bits per heavy atom. The number of oxazole rings is 1. The third-order valence-electron chi connectivity index (χ3n) is 4.37. The summed E-state index contributed by atoms with van der Waals surface area (Å²) in [5.41, 5.74) is 3.91. The van der Waals surface area contributed by atoms with Crippen molar-refractivity contribution in [1.29, 1.82) is 0 Å². The number of benzene rings is 3. The van der Waals surface area contributed by atoms with Crippen LogP contribution >= 0.6 is 0 Å². The predicted octanol–water partition coefficient (Wildman–Crippen LogP) is 3.16. The maximum absolute atomic E-state index is 12.3. The van der Waals surface area contributed by atoms with Gasteiger partial charge in [-0.1, -0.05) is 42.5 Å². The average molecular weight is 387 g/mol. The van der Waals surface area contributed by atoms with Gasteiger partial charge in [0.1, 0.15) is 0 Å². The van der Waals surface area contributed by atoms with Gasteiger partial charge in [-0.2, -0.15) is 0 Å². The number of aromatic amines is 1. The number of hydrogen-bond acceptors (Lipinski definition) is 4. The highest BCUT2D eigenvalue weighted by Crippen LogP contribution is 2.19. The van der Waals surface area contributed by atoms with E-state index < -0.39 is 5.76 Å². The second-order valence-electron chi connectivity index (χ2n) is 6.40. The number of amides is 2. The number of hydrogen-bond donors (Lipinski definition) is 3. The zero-order valence-corrected chi connectivity index (χ0v) is 15.3. The van der Waals surface area contributed by atoms with Gasteiger partial charge in [-0.3, -0.25) is 14.6 Å². The molecule has 4 aromatic rings. The molecule has 1 heterocycles. The Morgan fingerprint density at radius 2 is 1.62 bits per heavy atom. The van der Waals surface area contributed by atoms with Gasteiger partial charge in [0.2, 0.25) is 5.91 Å². The second kappa shape index (κ2) is 7.85. The van der Waals surface area contributed by atoms with E-state index in [4.69, 9.17) is 4.42 Å². The molecule has 0 saturated heterocycles. The third-order valence-corrected chi connectivity index (χ3v) is 4.37. The SMILES string of the molecule is O=C(CNC(=O)c1ccc(-c2ccccc2)cc1)Nc1ccc2oc(=O)[nH]c2c1. The monoisotopic (exact) mass is 387 g/mol. The van der Waals surface area contributed by atoms with Gasteiger partial charge in [0.05, 0.1) is 12.1 Å². The molecular weight excluding hydrogens is 370 g/mol. The molecule has 0 spiro atoms. The highest BCUT2D eigenvalue weighted by molar-refractivity contribution is 6.00. The second-order valence-corrected chi connectivity index (χ2v) is 6.40. The van der Waals surface area contributed by atoms with Crippen LogP contribution in [-0.4, -0.2) is 23.3 Å². The first kappa shape index (κ1) is 18.2. The van der Waals surface area contributed by atoms with Crippen LogP contribution in [0.1, 0.15) is 10.4 Å². The van der Waals surface area contributed by atoms with Crippen LogP contribution in [0.3, 0.4) is 0 Å². The van der Waals surface area contributed by atoms with Crippen LogP contribution in [0.2, 0.25) is 0 Å². The van der Waals surface area contributed by atoms with Gasteiger partial charge in [0.15, 0.2) is 5.58 Å². The number of fused-ring (bicyclic) bond motifs is 1. The minimum absolute atomic E-state index is 0.181. The van der Waals surface area contributed by atoms with Crippen LogP contribution in [0.4, 0.5) is 5.69 Å². The lowest BCUT2D eigenvalue weighted by Gasteiger charge is -2.08. The summed E-state index contributed by atoms with van der Waals surface area (Å²) in [6, 6.07) is 21.8. The van der Waals surface area contributed by atoms with E-state index in [2.05, 4.69) is 15.6 Å². The molecule has 0 atom stereocenters. The first-order valence-electron chi connectivity index (χ1n) is 8.95. The average Bonchev–Trinajstić information content (AvgIpc) is 3.12. The Kier molecular flexibility index (Phi) is 4.94. The Morgan fingerprint density at radius 1 is 0.897 bits per heavy atom. The fourth-order valence-electron chi connectivity index (χ4n) is 2.94. The van der Waals surface area contributed by atoms with Gasteiger partial charge in [0, 0.05) is 11.3 Å². The van der Waals surface area contributed by atoms with Gasteiger partial charge < -0.3 is 15.1 Å². The molecule has 3 N–H and O–H groups in total. The molecule has 0 fully saturated rings. The summed E-state index contributed by atoms with van der Waals surface area (Å²) >= 11 is 0. The van der Waals surface area contributed by atoms with E-state index in [0.29, 0.717) is 22.4 Å². The minimum atomic E-state index is -0.561. The summed E-state index contributed by atoms with van der Waals surface area (Å²) in [5.74, 6) is -1.28. The minimum Gasteiger partial charge on any atom is -0.408 e. The Hall–Kier alpha value is -4.13. The first-order valence-corrected chi connectivity index (χ1v) is 8.95. The topological polar surface area (TPSA) is 104 Å². The number of carbonyl (C=O) groups is 2. The number of anilines is 1. The molecular formula is C22H17N3O4. The van der Waals surface area contributed by atoms with Crippen molar-refractivity contribution < 1.29 is 14.0 Å². The fourth-order valence-corrected chi connectivity index (χ4v) is 2.94. The summed E-state index contributed by atoms with van der Waals surface area (Å²) in [4.78, 5) is 38.1. The number of carbonyl (C=O) groups excluding carboxylic acids is 2. The summed E-state index contributed by atoms with van der Waals surface area (Å²) in [7, 11) is 0. The Balaban J connectivity index is 1.34. The van der Waals surface area contributed by atoms with Gasteiger partial charge in [0.25, 0.3) is 5.91 Å². The van der Waals surface area contributed by atoms with Gasteiger partial charge >= 0.3 is 5.76 Å². The molecule has 7 heteroatoms. The quantitative estimate of drug-likeness (QED) is 0.489. The fraction of sp³-hybridized carbons (Fsp3) is 0.0455. The summed E-state index contributed by atoms with van der Waals surface area (Å²) < 4.78 is 4.91. The van der Waals surface area contributed by atoms with Crippen molar-refractivity contribution in [1.82, 2.24) is 10.3 Å². The van der Waals surface area contributed by atoms with E-state index in [-0.39, 0.29) is 18.4 Å². The molecule has 0 unspecified atom stereocenters. The Bertz CT molecular complexity index is 1220. The van der Waals surface area contributed by atoms with E-state index >= 15 is 0 Å². The summed E-state index contributed by atoms with van der Waals surface area (Å²) in [6.45, 7) is -0.181. The van der Waals surface area contributed by atoms with E-state index in [0.717, 1.165) is 11.1 Å². The number of rotatable bonds is 5. The van der Waals surface area contributed by atoms with Gasteiger partial charge in [-0.25, -0.2) is 4.79 Å². The number of nitrogens with one attached hydrogen (secondary N) is 3. The summed E-state index contributed by atoms with van der Waals surface area (Å²) in [6.07, 6.45) is 0. The zero-order valence-electron chi connectivity index (χ0n) is 15.3. The van der Waals surface area contributed by atoms with Crippen molar-refractivity contribution in [3.63, 3.8) is 0 Å². The van der Waals surface area contributed by atoms with Crippen LogP contribution < -0.4 is 16.4 Å². The Labute approximate surface area is 165 Å². The van der Waals surface area contributed by atoms with E-state index in [1.54, 1.807) is 30.3 Å². The predicted molar refractivity (Wildman–Crippen MR) is 110 cm³/mol. The molecule has 4 rings (SSSR count). The maximum Gasteiger partial charge on any atom is 0.417 e. The zero-order chi connectivity index (χ0) is 20.2. The first-order chi connectivity index (χ1) is 14.1. The molecule has 29 heavy (non-hydrogen) atoms. The molecule has 144 valence electrons.